The Kier molecular flexibility index (Phi) is 17.3. The number of carbonyl (C=O) groups excluding carboxylic acids is 5. The second-order valence-corrected chi connectivity index (χ2v) is 17.9. The van der Waals surface area contributed by atoms with E-state index in [1.54, 1.807) is 31.7 Å². The quantitative estimate of drug-likeness (QED) is 0.199. The van der Waals surface area contributed by atoms with E-state index in [-0.39, 0.29) is 35.7 Å². The molecule has 3 amide bonds. The van der Waals surface area contributed by atoms with Gasteiger partial charge in [0.15, 0.2) is 11.6 Å². The van der Waals surface area contributed by atoms with Crippen molar-refractivity contribution in [2.24, 2.45) is 11.8 Å². The van der Waals surface area contributed by atoms with Gasteiger partial charge in [0.25, 0.3) is 5.91 Å². The van der Waals surface area contributed by atoms with Crippen LogP contribution < -0.4 is 10.2 Å². The molecular formula is C48H66N4O9. The molecule has 2 fully saturated rings. The first-order chi connectivity index (χ1) is 28.8. The van der Waals surface area contributed by atoms with Crippen molar-refractivity contribution in [3.05, 3.63) is 84.0 Å². The summed E-state index contributed by atoms with van der Waals surface area (Å²) >= 11 is 0. The van der Waals surface area contributed by atoms with Crippen molar-refractivity contribution in [2.45, 2.75) is 130 Å². The molecule has 2 aromatic rings. The van der Waals surface area contributed by atoms with Crippen LogP contribution in [0.25, 0.3) is 0 Å². The smallest absolute Gasteiger partial charge is 0.410 e. The number of carboxylic acids is 1. The van der Waals surface area contributed by atoms with Crippen LogP contribution in [0, 0.1) is 11.8 Å². The SMILES string of the molecule is CC[C@@H](/C=C/C(=O)N1CCc2ccccc21)CC(=O)[C@@H]1CCN1C(=O)OC(C)(C)C.CC[C@@H](/C=C/C(=O)O)CC(=O)[C@@H]1CCN1C(=O)OC(C)(C)C.c1ccc2c(c1)CCN2. The van der Waals surface area contributed by atoms with Crippen LogP contribution in [0.5, 0.6) is 0 Å². The normalized spacial score (nSPS) is 18.8. The molecule has 61 heavy (non-hydrogen) atoms. The number of carboxylic acid groups (broad SMARTS) is 1. The topological polar surface area (TPSA) is 163 Å². The molecule has 0 bridgehead atoms. The molecule has 4 aliphatic heterocycles. The van der Waals surface area contributed by atoms with E-state index in [1.165, 1.54) is 39.1 Å². The molecule has 6 rings (SSSR count). The highest BCUT2D eigenvalue weighted by Gasteiger charge is 2.41. The van der Waals surface area contributed by atoms with Crippen LogP contribution in [-0.4, -0.2) is 100 Å². The molecule has 332 valence electrons. The van der Waals surface area contributed by atoms with Gasteiger partial charge in [0.1, 0.15) is 11.2 Å². The van der Waals surface area contributed by atoms with Crippen molar-refractivity contribution in [1.82, 2.24) is 9.80 Å². The first kappa shape index (κ1) is 48.2. The summed E-state index contributed by atoms with van der Waals surface area (Å²) in [7, 11) is 0. The van der Waals surface area contributed by atoms with Crippen LogP contribution in [0.15, 0.2) is 72.8 Å². The summed E-state index contributed by atoms with van der Waals surface area (Å²) in [4.78, 5) is 77.3. The van der Waals surface area contributed by atoms with Gasteiger partial charge < -0.3 is 24.8 Å². The van der Waals surface area contributed by atoms with Crippen LogP contribution in [0.4, 0.5) is 21.0 Å². The Hall–Kier alpha value is -5.46. The maximum atomic E-state index is 12.8. The summed E-state index contributed by atoms with van der Waals surface area (Å²) in [6.07, 6.45) is 10.5. The molecule has 4 aliphatic rings. The molecule has 4 atom stereocenters. The number of likely N-dealkylation sites (tertiary alicyclic amines) is 2. The Bertz CT molecular complexity index is 1900. The number of ether oxygens (including phenoxy) is 2. The van der Waals surface area contributed by atoms with Crippen molar-refractivity contribution in [3.8, 4) is 0 Å². The lowest BCUT2D eigenvalue weighted by molar-refractivity contribution is -0.132. The number of benzene rings is 2. The summed E-state index contributed by atoms with van der Waals surface area (Å²) < 4.78 is 10.7. The number of hydrogen-bond donors (Lipinski definition) is 2. The number of nitrogens with zero attached hydrogens (tertiary/aromatic N) is 3. The number of para-hydroxylation sites is 2. The third kappa shape index (κ3) is 14.6. The number of Topliss-reactive ketones (excluding diaryl/α,β-unsaturated/α-hetero) is 2. The van der Waals surface area contributed by atoms with Crippen LogP contribution >= 0.6 is 0 Å². The monoisotopic (exact) mass is 842 g/mol. The fourth-order valence-electron chi connectivity index (χ4n) is 7.34. The minimum Gasteiger partial charge on any atom is -0.478 e. The van der Waals surface area contributed by atoms with E-state index in [0.29, 0.717) is 45.3 Å². The number of amides is 3. The van der Waals surface area contributed by atoms with Gasteiger partial charge in [-0.25, -0.2) is 14.4 Å². The number of hydrogen-bond acceptors (Lipinski definition) is 9. The second kappa shape index (κ2) is 21.9. The highest BCUT2D eigenvalue weighted by Crippen LogP contribution is 2.29. The largest absolute Gasteiger partial charge is 0.478 e. The molecule has 0 aromatic heterocycles. The van der Waals surface area contributed by atoms with Gasteiger partial charge in [-0.05, 0) is 121 Å². The van der Waals surface area contributed by atoms with E-state index in [0.717, 1.165) is 31.1 Å². The van der Waals surface area contributed by atoms with Gasteiger partial charge in [-0.3, -0.25) is 24.2 Å². The van der Waals surface area contributed by atoms with Crippen LogP contribution in [0.1, 0.15) is 105 Å². The van der Waals surface area contributed by atoms with E-state index in [4.69, 9.17) is 14.6 Å². The maximum absolute atomic E-state index is 12.8. The van der Waals surface area contributed by atoms with Gasteiger partial charge in [-0.2, -0.15) is 0 Å². The van der Waals surface area contributed by atoms with Gasteiger partial charge in [-0.15, -0.1) is 0 Å². The molecule has 2 saturated heterocycles. The van der Waals surface area contributed by atoms with Crippen LogP contribution in [0.3, 0.4) is 0 Å². The van der Waals surface area contributed by atoms with E-state index in [1.807, 2.05) is 58.9 Å². The Morgan fingerprint density at radius 1 is 0.705 bits per heavy atom. The Balaban J connectivity index is 0.000000229. The molecule has 0 spiro atoms. The van der Waals surface area contributed by atoms with E-state index in [9.17, 15) is 28.8 Å². The fraction of sp³-hybridized carbons (Fsp3) is 0.542. The van der Waals surface area contributed by atoms with Crippen LogP contribution in [-0.2, 0) is 41.5 Å². The number of allylic oxidation sites excluding steroid dienone is 2. The first-order valence-corrected chi connectivity index (χ1v) is 21.6. The molecular weight excluding hydrogens is 777 g/mol. The number of carbonyl (C=O) groups is 6. The van der Waals surface area contributed by atoms with Gasteiger partial charge >= 0.3 is 18.2 Å². The second-order valence-electron chi connectivity index (χ2n) is 17.9. The molecule has 4 heterocycles. The zero-order valence-corrected chi connectivity index (χ0v) is 37.3. The molecule has 2 aromatic carbocycles. The Labute approximate surface area is 361 Å². The van der Waals surface area contributed by atoms with Crippen molar-refractivity contribution in [2.75, 3.05) is 36.4 Å². The lowest BCUT2D eigenvalue weighted by atomic mass is 9.90. The maximum Gasteiger partial charge on any atom is 0.410 e. The number of anilines is 2. The summed E-state index contributed by atoms with van der Waals surface area (Å²) in [5.41, 5.74) is 3.77. The zero-order chi connectivity index (χ0) is 44.9. The highest BCUT2D eigenvalue weighted by molar-refractivity contribution is 6.03. The Morgan fingerprint density at radius 3 is 1.66 bits per heavy atom. The highest BCUT2D eigenvalue weighted by atomic mass is 16.6. The van der Waals surface area contributed by atoms with Crippen molar-refractivity contribution in [1.29, 1.82) is 0 Å². The zero-order valence-electron chi connectivity index (χ0n) is 37.3. The first-order valence-electron chi connectivity index (χ1n) is 21.6. The lowest BCUT2D eigenvalue weighted by Gasteiger charge is -2.40. The minimum absolute atomic E-state index is 0.0274. The van der Waals surface area contributed by atoms with Gasteiger partial charge in [-0.1, -0.05) is 62.4 Å². The van der Waals surface area contributed by atoms with Gasteiger partial charge in [0, 0.05) is 56.5 Å². The molecule has 13 heteroatoms. The average Bonchev–Trinajstić information content (AvgIpc) is 3.80. The fourth-order valence-corrected chi connectivity index (χ4v) is 7.34. The average molecular weight is 843 g/mol. The standard InChI is InChI=1S/C24H32N2O4.C16H25NO5.C8H9N/c1-5-17(10-11-22(28)25-14-12-18-8-6-7-9-19(18)25)16-21(27)20-13-15-26(20)23(29)30-24(2,3)4;1-5-11(6-7-14(19)20)10-13(18)12-8-9-17(12)15(21)22-16(2,3)4;1-2-4-8-7(3-1)5-6-9-8/h6-11,17,20H,5,12-16H2,1-4H3;6-7,11-12H,5,8-10H2,1-4H3,(H,19,20);1-4,9H,5-6H2/b11-10+;7-6+;/t17-,20-;11-,12-;/m00./s1. The molecule has 0 saturated carbocycles. The van der Waals surface area contributed by atoms with E-state index in [2.05, 4.69) is 35.6 Å². The van der Waals surface area contributed by atoms with E-state index < -0.39 is 41.4 Å². The molecule has 0 radical (unpaired) electrons. The van der Waals surface area contributed by atoms with Crippen LogP contribution in [0.2, 0.25) is 0 Å². The minimum atomic E-state index is -1.02. The van der Waals surface area contributed by atoms with Gasteiger partial charge in [0.05, 0.1) is 12.1 Å². The predicted octanol–water partition coefficient (Wildman–Crippen LogP) is 8.40. The number of fused-ring (bicyclic) bond motifs is 2. The van der Waals surface area contributed by atoms with Crippen molar-refractivity contribution < 1.29 is 43.3 Å². The summed E-state index contributed by atoms with van der Waals surface area (Å²) in [6, 6.07) is 15.6. The lowest BCUT2D eigenvalue weighted by Crippen LogP contribution is -2.56. The van der Waals surface area contributed by atoms with E-state index >= 15 is 0 Å². The third-order valence-electron chi connectivity index (χ3n) is 10.9. The van der Waals surface area contributed by atoms with Gasteiger partial charge in [0.2, 0.25) is 0 Å². The predicted molar refractivity (Wildman–Crippen MR) is 237 cm³/mol. The van der Waals surface area contributed by atoms with Crippen molar-refractivity contribution >= 4 is 47.0 Å². The number of rotatable bonds is 12. The third-order valence-corrected chi connectivity index (χ3v) is 10.9. The summed E-state index contributed by atoms with van der Waals surface area (Å²) in [5.74, 6) is -1.23. The number of ketones is 2. The molecule has 0 unspecified atom stereocenters. The molecule has 0 aliphatic carbocycles. The molecule has 13 nitrogen and oxygen atoms in total. The van der Waals surface area contributed by atoms with Crippen molar-refractivity contribution in [3.63, 3.8) is 0 Å². The Morgan fingerprint density at radius 2 is 1.20 bits per heavy atom. The number of aliphatic carboxylic acids is 1. The molecule has 2 N–H and O–H groups in total. The summed E-state index contributed by atoms with van der Waals surface area (Å²) in [6.45, 7) is 17.6. The number of nitrogens with one attached hydrogen (secondary N) is 1. The summed E-state index contributed by atoms with van der Waals surface area (Å²) in [5, 5.41) is 11.9.